The number of rotatable bonds is 6. The predicted molar refractivity (Wildman–Crippen MR) is 130 cm³/mol. The molecule has 0 aliphatic carbocycles. The number of nitrogens with one attached hydrogen (secondary N) is 1. The fraction of sp³-hybridized carbons (Fsp3) is 0.111. The maximum Gasteiger partial charge on any atom is 0.241 e. The first-order valence-electron chi connectivity index (χ1n) is 10.6. The molecule has 0 aliphatic heterocycles. The van der Waals surface area contributed by atoms with Crippen molar-refractivity contribution >= 4 is 44.7 Å². The Bertz CT molecular complexity index is 1410. The number of amides is 1. The third-order valence-corrected chi connectivity index (χ3v) is 5.78. The third-order valence-electron chi connectivity index (χ3n) is 5.78. The molecule has 32 heavy (non-hydrogen) atoms. The van der Waals surface area contributed by atoms with Gasteiger partial charge in [-0.25, -0.2) is 5.43 Å². The molecule has 1 N–H and O–H groups in total. The van der Waals surface area contributed by atoms with Gasteiger partial charge in [-0.05, 0) is 29.0 Å². The van der Waals surface area contributed by atoms with E-state index in [4.69, 9.17) is 4.74 Å². The lowest BCUT2D eigenvalue weighted by Gasteiger charge is -2.09. The van der Waals surface area contributed by atoms with Gasteiger partial charge >= 0.3 is 0 Å². The second-order valence-electron chi connectivity index (χ2n) is 7.63. The molecule has 0 saturated heterocycles. The second kappa shape index (κ2) is 8.55. The molecular weight excluding hydrogens is 398 g/mol. The summed E-state index contributed by atoms with van der Waals surface area (Å²) in [5.41, 5.74) is 5.77. The van der Waals surface area contributed by atoms with Gasteiger partial charge in [0.15, 0.2) is 0 Å². The minimum absolute atomic E-state index is 0.137. The smallest absolute Gasteiger partial charge is 0.241 e. The number of carbonyl (C=O) groups is 1. The van der Waals surface area contributed by atoms with Crippen LogP contribution in [-0.2, 0) is 11.3 Å². The number of aromatic nitrogens is 1. The summed E-state index contributed by atoms with van der Waals surface area (Å²) in [5.74, 6) is 0.578. The number of nitrogens with zero attached hydrogens (tertiary/aromatic N) is 2. The number of hydrogen-bond donors (Lipinski definition) is 1. The number of hydrazone groups is 1. The Morgan fingerprint density at radius 3 is 2.19 bits per heavy atom. The monoisotopic (exact) mass is 421 g/mol. The first-order valence-corrected chi connectivity index (χ1v) is 10.6. The van der Waals surface area contributed by atoms with Gasteiger partial charge in [-0.3, -0.25) is 4.79 Å². The summed E-state index contributed by atoms with van der Waals surface area (Å²) in [7, 11) is 1.63. The van der Waals surface area contributed by atoms with Crippen molar-refractivity contribution in [1.29, 1.82) is 0 Å². The Labute approximate surface area is 185 Å². The summed E-state index contributed by atoms with van der Waals surface area (Å²) in [4.78, 5) is 12.5. The molecule has 0 radical (unpaired) electrons. The van der Waals surface area contributed by atoms with Crippen LogP contribution in [0.3, 0.4) is 0 Å². The number of aryl methyl sites for hydroxylation is 1. The van der Waals surface area contributed by atoms with E-state index in [1.165, 1.54) is 10.8 Å². The molecule has 158 valence electrons. The van der Waals surface area contributed by atoms with Crippen LogP contribution in [0, 0.1) is 0 Å². The average Bonchev–Trinajstić information content (AvgIpc) is 3.16. The van der Waals surface area contributed by atoms with E-state index >= 15 is 0 Å². The van der Waals surface area contributed by atoms with Crippen LogP contribution in [0.25, 0.3) is 32.6 Å². The van der Waals surface area contributed by atoms with Crippen molar-refractivity contribution in [3.63, 3.8) is 0 Å². The van der Waals surface area contributed by atoms with Crippen LogP contribution in [-0.4, -0.2) is 23.8 Å². The summed E-state index contributed by atoms with van der Waals surface area (Å²) < 4.78 is 7.68. The quantitative estimate of drug-likeness (QED) is 0.291. The zero-order valence-corrected chi connectivity index (χ0v) is 17.8. The van der Waals surface area contributed by atoms with Gasteiger partial charge in [0.05, 0.1) is 13.3 Å². The molecule has 5 rings (SSSR count). The molecule has 0 unspecified atom stereocenters. The van der Waals surface area contributed by atoms with Gasteiger partial charge in [0.1, 0.15) is 5.75 Å². The fourth-order valence-corrected chi connectivity index (χ4v) is 4.27. The third kappa shape index (κ3) is 3.58. The van der Waals surface area contributed by atoms with Crippen molar-refractivity contribution in [3.05, 3.63) is 90.5 Å². The number of ether oxygens (including phenoxy) is 1. The number of hydrogen-bond acceptors (Lipinski definition) is 3. The summed E-state index contributed by atoms with van der Waals surface area (Å²) in [6.45, 7) is 0.576. The van der Waals surface area contributed by atoms with Crippen LogP contribution in [0.5, 0.6) is 5.75 Å². The molecule has 5 nitrogen and oxygen atoms in total. The van der Waals surface area contributed by atoms with Gasteiger partial charge < -0.3 is 9.30 Å². The van der Waals surface area contributed by atoms with E-state index in [9.17, 15) is 4.79 Å². The van der Waals surface area contributed by atoms with E-state index in [1.54, 1.807) is 13.3 Å². The molecular formula is C27H23N3O2. The number of carbonyl (C=O) groups excluding carboxylic acids is 1. The van der Waals surface area contributed by atoms with E-state index in [-0.39, 0.29) is 5.91 Å². The molecule has 1 heterocycles. The number of fused-ring (bicyclic) bond motifs is 4. The first-order chi connectivity index (χ1) is 15.8. The topological polar surface area (TPSA) is 55.6 Å². The lowest BCUT2D eigenvalue weighted by Crippen LogP contribution is -2.19. The van der Waals surface area contributed by atoms with Gasteiger partial charge in [-0.1, -0.05) is 66.7 Å². The Morgan fingerprint density at radius 2 is 1.50 bits per heavy atom. The zero-order chi connectivity index (χ0) is 21.9. The highest BCUT2D eigenvalue weighted by atomic mass is 16.5. The maximum absolute atomic E-state index is 12.5. The molecule has 5 aromatic rings. The van der Waals surface area contributed by atoms with Crippen molar-refractivity contribution in [2.75, 3.05) is 7.11 Å². The lowest BCUT2D eigenvalue weighted by molar-refractivity contribution is -0.121. The summed E-state index contributed by atoms with van der Waals surface area (Å²) in [6.07, 6.45) is 1.98. The molecule has 4 aromatic carbocycles. The van der Waals surface area contributed by atoms with Crippen molar-refractivity contribution in [2.24, 2.45) is 5.10 Å². The second-order valence-corrected chi connectivity index (χ2v) is 7.63. The molecule has 0 fully saturated rings. The first kappa shape index (κ1) is 19.8. The van der Waals surface area contributed by atoms with Crippen molar-refractivity contribution < 1.29 is 9.53 Å². The Morgan fingerprint density at radius 1 is 0.875 bits per heavy atom. The number of benzene rings is 4. The van der Waals surface area contributed by atoms with Crippen molar-refractivity contribution in [3.8, 4) is 5.75 Å². The summed E-state index contributed by atoms with van der Waals surface area (Å²) in [6, 6.07) is 28.5. The van der Waals surface area contributed by atoms with Gasteiger partial charge in [-0.2, -0.15) is 5.10 Å². The molecule has 1 amide bonds. The van der Waals surface area contributed by atoms with Crippen molar-refractivity contribution in [2.45, 2.75) is 13.0 Å². The molecule has 0 aliphatic rings. The maximum atomic E-state index is 12.5. The van der Waals surface area contributed by atoms with E-state index in [0.29, 0.717) is 18.7 Å². The predicted octanol–water partition coefficient (Wildman–Crippen LogP) is 5.50. The minimum atomic E-state index is -0.137. The highest BCUT2D eigenvalue weighted by Gasteiger charge is 2.11. The van der Waals surface area contributed by atoms with Crippen LogP contribution in [0.15, 0.2) is 90.0 Å². The van der Waals surface area contributed by atoms with E-state index < -0.39 is 0 Å². The van der Waals surface area contributed by atoms with Gasteiger partial charge in [0.25, 0.3) is 0 Å². The molecule has 0 bridgehead atoms. The standard InChI is InChI=1S/C27H23N3O2/c1-32-26-15-14-19-8-2-3-9-20(19)23(26)18-28-29-27(31)16-17-30-24-12-6-4-10-21(24)22-11-5-7-13-25(22)30/h2-15,18H,16-17H2,1H3,(H,29,31). The minimum Gasteiger partial charge on any atom is -0.496 e. The Balaban J connectivity index is 1.34. The van der Waals surface area contributed by atoms with Crippen LogP contribution < -0.4 is 10.2 Å². The van der Waals surface area contributed by atoms with E-state index in [2.05, 4.69) is 39.4 Å². The number of methoxy groups -OCH3 is 1. The summed E-state index contributed by atoms with van der Waals surface area (Å²) >= 11 is 0. The Kier molecular flexibility index (Phi) is 5.30. The van der Waals surface area contributed by atoms with Crippen molar-refractivity contribution in [1.82, 2.24) is 9.99 Å². The van der Waals surface area contributed by atoms with E-state index in [0.717, 1.165) is 27.4 Å². The van der Waals surface area contributed by atoms with Crippen LogP contribution in [0.4, 0.5) is 0 Å². The van der Waals surface area contributed by atoms with Gasteiger partial charge in [0, 0.05) is 40.3 Å². The van der Waals surface area contributed by atoms with E-state index in [1.807, 2.05) is 60.7 Å². The molecule has 5 heteroatoms. The zero-order valence-electron chi connectivity index (χ0n) is 17.8. The molecule has 1 aromatic heterocycles. The fourth-order valence-electron chi connectivity index (χ4n) is 4.27. The molecule has 0 atom stereocenters. The highest BCUT2D eigenvalue weighted by Crippen LogP contribution is 2.29. The van der Waals surface area contributed by atoms with Gasteiger partial charge in [-0.15, -0.1) is 0 Å². The van der Waals surface area contributed by atoms with Crippen LogP contribution >= 0.6 is 0 Å². The SMILES string of the molecule is COc1ccc2ccccc2c1C=NNC(=O)CCn1c2ccccc2c2ccccc21. The van der Waals surface area contributed by atoms with Crippen LogP contribution in [0.1, 0.15) is 12.0 Å². The normalized spacial score (nSPS) is 11.5. The molecule has 0 spiro atoms. The van der Waals surface area contributed by atoms with Crippen LogP contribution in [0.2, 0.25) is 0 Å². The molecule has 0 saturated carbocycles. The average molecular weight is 422 g/mol. The largest absolute Gasteiger partial charge is 0.496 e. The van der Waals surface area contributed by atoms with Gasteiger partial charge in [0.2, 0.25) is 5.91 Å². The summed E-state index contributed by atoms with van der Waals surface area (Å²) in [5, 5.41) is 8.72. The Hall–Kier alpha value is -4.12. The number of para-hydroxylation sites is 2. The lowest BCUT2D eigenvalue weighted by atomic mass is 10.0. The highest BCUT2D eigenvalue weighted by molar-refractivity contribution is 6.08.